The molecular weight excluding hydrogens is 327 g/mol. The summed E-state index contributed by atoms with van der Waals surface area (Å²) in [5.74, 6) is -0.107. The molecule has 2 aromatic rings. The van der Waals surface area contributed by atoms with Gasteiger partial charge in [0.2, 0.25) is 5.91 Å². The first-order valence-electron chi connectivity index (χ1n) is 9.32. The number of halogens is 1. The van der Waals surface area contributed by atoms with Crippen LogP contribution in [0.15, 0.2) is 48.5 Å². The van der Waals surface area contributed by atoms with Gasteiger partial charge in [-0.1, -0.05) is 42.0 Å². The van der Waals surface area contributed by atoms with Gasteiger partial charge < -0.3 is 9.80 Å². The van der Waals surface area contributed by atoms with Gasteiger partial charge in [0, 0.05) is 38.1 Å². The fourth-order valence-corrected chi connectivity index (χ4v) is 4.24. The zero-order valence-electron chi connectivity index (χ0n) is 15.2. The largest absolute Gasteiger partial charge is 0.341 e. The van der Waals surface area contributed by atoms with Crippen LogP contribution in [0.5, 0.6) is 0 Å². The van der Waals surface area contributed by atoms with Crippen molar-refractivity contribution in [3.05, 3.63) is 71.0 Å². The Morgan fingerprint density at radius 2 is 1.77 bits per heavy atom. The van der Waals surface area contributed by atoms with E-state index in [4.69, 9.17) is 0 Å². The summed E-state index contributed by atoms with van der Waals surface area (Å²) in [6.07, 6.45) is 1.46. The molecule has 1 amide bonds. The van der Waals surface area contributed by atoms with Gasteiger partial charge in [0.15, 0.2) is 0 Å². The van der Waals surface area contributed by atoms with Gasteiger partial charge in [0.1, 0.15) is 5.82 Å². The van der Waals surface area contributed by atoms with Gasteiger partial charge in [-0.25, -0.2) is 4.39 Å². The Balaban J connectivity index is 1.19. The Morgan fingerprint density at radius 3 is 2.46 bits per heavy atom. The molecule has 2 saturated heterocycles. The third-order valence-corrected chi connectivity index (χ3v) is 5.59. The van der Waals surface area contributed by atoms with E-state index < -0.39 is 0 Å². The minimum atomic E-state index is -0.260. The number of rotatable bonds is 5. The fraction of sp³-hybridized carbons (Fsp3) is 0.409. The average molecular weight is 352 g/mol. The highest BCUT2D eigenvalue weighted by Gasteiger charge is 2.52. The van der Waals surface area contributed by atoms with Crippen LogP contribution in [0.4, 0.5) is 4.39 Å². The van der Waals surface area contributed by atoms with E-state index in [-0.39, 0.29) is 11.7 Å². The Bertz CT molecular complexity index is 788. The molecule has 2 heterocycles. The minimum absolute atomic E-state index is 0.153. The predicted molar refractivity (Wildman–Crippen MR) is 100 cm³/mol. The van der Waals surface area contributed by atoms with Crippen LogP contribution in [-0.2, 0) is 17.6 Å². The Morgan fingerprint density at radius 1 is 1.04 bits per heavy atom. The number of hydrogen-bond acceptors (Lipinski definition) is 2. The van der Waals surface area contributed by atoms with Crippen LogP contribution in [0.3, 0.4) is 0 Å². The van der Waals surface area contributed by atoms with Gasteiger partial charge in [0.25, 0.3) is 0 Å². The molecule has 2 aliphatic heterocycles. The second kappa shape index (κ2) is 6.84. The molecule has 0 N–H and O–H groups in total. The lowest BCUT2D eigenvalue weighted by molar-refractivity contribution is -0.158. The van der Waals surface area contributed by atoms with E-state index in [9.17, 15) is 9.18 Å². The highest BCUT2D eigenvalue weighted by atomic mass is 19.1. The van der Waals surface area contributed by atoms with E-state index in [1.165, 1.54) is 23.3 Å². The van der Waals surface area contributed by atoms with Crippen LogP contribution >= 0.6 is 0 Å². The van der Waals surface area contributed by atoms with Gasteiger partial charge in [-0.2, -0.15) is 0 Å². The molecule has 0 aliphatic carbocycles. The summed E-state index contributed by atoms with van der Waals surface area (Å²) in [4.78, 5) is 16.8. The van der Waals surface area contributed by atoms with Crippen LogP contribution in [0, 0.1) is 18.2 Å². The van der Waals surface area contributed by atoms with Gasteiger partial charge in [0.05, 0.1) is 6.42 Å². The van der Waals surface area contributed by atoms with Crippen molar-refractivity contribution in [2.24, 2.45) is 5.41 Å². The first-order valence-corrected chi connectivity index (χ1v) is 9.32. The Kier molecular flexibility index (Phi) is 4.53. The van der Waals surface area contributed by atoms with Crippen molar-refractivity contribution in [2.75, 3.05) is 32.7 Å². The SMILES string of the molecule is Cc1cccc(CCN2CC3(C2)CN(C(=O)Cc2ccc(F)cc2)C3)c1. The second-order valence-corrected chi connectivity index (χ2v) is 8.00. The van der Waals surface area contributed by atoms with Crippen molar-refractivity contribution in [1.82, 2.24) is 9.80 Å². The summed E-state index contributed by atoms with van der Waals surface area (Å²) >= 11 is 0. The zero-order valence-corrected chi connectivity index (χ0v) is 15.2. The molecule has 4 rings (SSSR count). The molecule has 3 nitrogen and oxygen atoms in total. The number of hydrogen-bond donors (Lipinski definition) is 0. The van der Waals surface area contributed by atoms with Crippen molar-refractivity contribution >= 4 is 5.91 Å². The van der Waals surface area contributed by atoms with Gasteiger partial charge >= 0.3 is 0 Å². The normalized spacial score (nSPS) is 18.5. The van der Waals surface area contributed by atoms with Crippen LogP contribution < -0.4 is 0 Å². The van der Waals surface area contributed by atoms with E-state index in [0.717, 1.165) is 44.7 Å². The summed E-state index contributed by atoms with van der Waals surface area (Å²) < 4.78 is 12.9. The number of aryl methyl sites for hydroxylation is 1. The molecule has 26 heavy (non-hydrogen) atoms. The van der Waals surface area contributed by atoms with Crippen molar-refractivity contribution in [1.29, 1.82) is 0 Å². The Hall–Kier alpha value is -2.20. The van der Waals surface area contributed by atoms with Crippen molar-refractivity contribution in [3.8, 4) is 0 Å². The Labute approximate surface area is 154 Å². The predicted octanol–water partition coefficient (Wildman–Crippen LogP) is 3.06. The number of amides is 1. The fourth-order valence-electron chi connectivity index (χ4n) is 4.24. The van der Waals surface area contributed by atoms with Crippen LogP contribution in [-0.4, -0.2) is 48.4 Å². The van der Waals surface area contributed by atoms with Crippen LogP contribution in [0.1, 0.15) is 16.7 Å². The minimum Gasteiger partial charge on any atom is -0.341 e. The molecule has 0 atom stereocenters. The van der Waals surface area contributed by atoms with E-state index in [2.05, 4.69) is 36.1 Å². The maximum absolute atomic E-state index is 12.9. The molecule has 0 saturated carbocycles. The van der Waals surface area contributed by atoms with E-state index >= 15 is 0 Å². The van der Waals surface area contributed by atoms with Gasteiger partial charge in [-0.3, -0.25) is 4.79 Å². The maximum atomic E-state index is 12.9. The second-order valence-electron chi connectivity index (χ2n) is 8.00. The third-order valence-electron chi connectivity index (χ3n) is 5.59. The lowest BCUT2D eigenvalue weighted by Crippen LogP contribution is -2.73. The summed E-state index contributed by atoms with van der Waals surface area (Å²) in [5.41, 5.74) is 3.92. The first kappa shape index (κ1) is 17.2. The molecule has 0 unspecified atom stereocenters. The van der Waals surface area contributed by atoms with Crippen molar-refractivity contribution < 1.29 is 9.18 Å². The molecule has 2 fully saturated rings. The third kappa shape index (κ3) is 3.65. The standard InChI is InChI=1S/C22H25FN2O/c1-17-3-2-4-18(11-17)9-10-24-13-22(14-24)15-25(16-22)21(26)12-19-5-7-20(23)8-6-19/h2-8,11H,9-10,12-16H2,1H3. The lowest BCUT2D eigenvalue weighted by atomic mass is 9.72. The highest BCUT2D eigenvalue weighted by molar-refractivity contribution is 5.79. The number of likely N-dealkylation sites (tertiary alicyclic amines) is 2. The molecule has 0 aromatic heterocycles. The topological polar surface area (TPSA) is 23.6 Å². The summed E-state index contributed by atoms with van der Waals surface area (Å²) in [6, 6.07) is 14.9. The number of carbonyl (C=O) groups is 1. The molecule has 0 radical (unpaired) electrons. The van der Waals surface area contributed by atoms with Crippen LogP contribution in [0.2, 0.25) is 0 Å². The highest BCUT2D eigenvalue weighted by Crippen LogP contribution is 2.39. The van der Waals surface area contributed by atoms with Gasteiger partial charge in [-0.05, 0) is 36.6 Å². The summed E-state index contributed by atoms with van der Waals surface area (Å²) in [7, 11) is 0. The van der Waals surface area contributed by atoms with E-state index in [1.54, 1.807) is 12.1 Å². The zero-order chi connectivity index (χ0) is 18.1. The lowest BCUT2D eigenvalue weighted by Gasteiger charge is -2.60. The molecule has 4 heteroatoms. The first-order chi connectivity index (χ1) is 12.5. The number of carbonyl (C=O) groups excluding carboxylic acids is 1. The summed E-state index contributed by atoms with van der Waals surface area (Å²) in [6.45, 7) is 7.16. The maximum Gasteiger partial charge on any atom is 0.227 e. The quantitative estimate of drug-likeness (QED) is 0.826. The van der Waals surface area contributed by atoms with E-state index in [1.807, 2.05) is 4.90 Å². The molecule has 2 aliphatic rings. The van der Waals surface area contributed by atoms with Crippen molar-refractivity contribution in [3.63, 3.8) is 0 Å². The molecular formula is C22H25FN2O. The molecule has 2 aromatic carbocycles. The van der Waals surface area contributed by atoms with Crippen LogP contribution in [0.25, 0.3) is 0 Å². The monoisotopic (exact) mass is 352 g/mol. The molecule has 136 valence electrons. The molecule has 0 bridgehead atoms. The molecule has 1 spiro atoms. The average Bonchev–Trinajstić information content (AvgIpc) is 2.54. The van der Waals surface area contributed by atoms with Crippen molar-refractivity contribution in [2.45, 2.75) is 19.8 Å². The number of benzene rings is 2. The summed E-state index contributed by atoms with van der Waals surface area (Å²) in [5, 5.41) is 0. The van der Waals surface area contributed by atoms with E-state index in [0.29, 0.717) is 11.8 Å². The van der Waals surface area contributed by atoms with Gasteiger partial charge in [-0.15, -0.1) is 0 Å². The smallest absolute Gasteiger partial charge is 0.227 e. The number of nitrogens with zero attached hydrogens (tertiary/aromatic N) is 2.